The molecule has 4 rings (SSSR count). The van der Waals surface area contributed by atoms with Crippen LogP contribution in [0, 0.1) is 25.7 Å². The van der Waals surface area contributed by atoms with Crippen molar-refractivity contribution in [1.29, 1.82) is 0 Å². The van der Waals surface area contributed by atoms with Crippen LogP contribution in [0.4, 0.5) is 5.82 Å². The molecule has 2 aliphatic heterocycles. The molecule has 4 heteroatoms. The summed E-state index contributed by atoms with van der Waals surface area (Å²) in [6.45, 7) is 9.22. The van der Waals surface area contributed by atoms with Crippen LogP contribution in [0.5, 0.6) is 0 Å². The second kappa shape index (κ2) is 4.17. The van der Waals surface area contributed by atoms with Crippen molar-refractivity contribution in [2.24, 2.45) is 11.8 Å². The summed E-state index contributed by atoms with van der Waals surface area (Å²) >= 11 is 0. The predicted molar refractivity (Wildman–Crippen MR) is 75.3 cm³/mol. The molecule has 3 heterocycles. The van der Waals surface area contributed by atoms with E-state index < -0.39 is 0 Å². The Hall–Kier alpha value is -1.16. The molecule has 0 amide bonds. The smallest absolute Gasteiger partial charge is 0.135 e. The van der Waals surface area contributed by atoms with E-state index in [4.69, 9.17) is 0 Å². The lowest BCUT2D eigenvalue weighted by atomic mass is 10.0. The molecule has 0 bridgehead atoms. The molecule has 1 saturated carbocycles. The van der Waals surface area contributed by atoms with Gasteiger partial charge in [-0.15, -0.1) is 0 Å². The molecule has 102 valence electrons. The van der Waals surface area contributed by atoms with Crippen molar-refractivity contribution < 1.29 is 0 Å². The standard InChI is InChI=1S/C15H22N4/c1-10-11(2)16-9-17-15(10)19-7-12-5-18(14-3-4-14)6-13(12)8-19/h9,12-14H,3-8H2,1-2H3. The van der Waals surface area contributed by atoms with Crippen LogP contribution >= 0.6 is 0 Å². The zero-order valence-electron chi connectivity index (χ0n) is 11.8. The van der Waals surface area contributed by atoms with Crippen LogP contribution in [0.15, 0.2) is 6.33 Å². The molecule has 3 fully saturated rings. The molecule has 2 unspecified atom stereocenters. The summed E-state index contributed by atoms with van der Waals surface area (Å²) in [4.78, 5) is 14.0. The Bertz CT molecular complexity index is 483. The number of aromatic nitrogens is 2. The van der Waals surface area contributed by atoms with Gasteiger partial charge < -0.3 is 4.90 Å². The van der Waals surface area contributed by atoms with Gasteiger partial charge in [0.1, 0.15) is 12.1 Å². The second-order valence-corrected chi connectivity index (χ2v) is 6.52. The third-order valence-corrected chi connectivity index (χ3v) is 5.19. The zero-order chi connectivity index (χ0) is 13.0. The van der Waals surface area contributed by atoms with Gasteiger partial charge in [-0.05, 0) is 38.5 Å². The third-order valence-electron chi connectivity index (χ3n) is 5.19. The normalized spacial score (nSPS) is 30.9. The SMILES string of the molecule is Cc1ncnc(N2CC3CN(C4CC4)CC3C2)c1C. The van der Waals surface area contributed by atoms with Gasteiger partial charge in [-0.25, -0.2) is 9.97 Å². The number of hydrogen-bond donors (Lipinski definition) is 0. The maximum Gasteiger partial charge on any atom is 0.135 e. The van der Waals surface area contributed by atoms with Gasteiger partial charge >= 0.3 is 0 Å². The Morgan fingerprint density at radius 1 is 1.00 bits per heavy atom. The average molecular weight is 258 g/mol. The van der Waals surface area contributed by atoms with Gasteiger partial charge in [0.15, 0.2) is 0 Å². The first-order valence-corrected chi connectivity index (χ1v) is 7.49. The fraction of sp³-hybridized carbons (Fsp3) is 0.733. The summed E-state index contributed by atoms with van der Waals surface area (Å²) in [7, 11) is 0. The number of hydrogen-bond acceptors (Lipinski definition) is 4. The van der Waals surface area contributed by atoms with Crippen LogP contribution in [0.3, 0.4) is 0 Å². The molecular formula is C15H22N4. The van der Waals surface area contributed by atoms with Gasteiger partial charge in [-0.1, -0.05) is 0 Å². The van der Waals surface area contributed by atoms with Crippen molar-refractivity contribution in [3.05, 3.63) is 17.6 Å². The number of anilines is 1. The van der Waals surface area contributed by atoms with Crippen LogP contribution < -0.4 is 4.90 Å². The first-order chi connectivity index (χ1) is 9.22. The molecule has 0 N–H and O–H groups in total. The minimum absolute atomic E-state index is 0.857. The monoisotopic (exact) mass is 258 g/mol. The fourth-order valence-corrected chi connectivity index (χ4v) is 3.78. The number of nitrogens with zero attached hydrogens (tertiary/aromatic N) is 4. The highest BCUT2D eigenvalue weighted by atomic mass is 15.3. The van der Waals surface area contributed by atoms with Crippen molar-refractivity contribution in [3.8, 4) is 0 Å². The van der Waals surface area contributed by atoms with Gasteiger partial charge in [-0.3, -0.25) is 4.90 Å². The molecule has 3 aliphatic rings. The quantitative estimate of drug-likeness (QED) is 0.807. The summed E-state index contributed by atoms with van der Waals surface area (Å²) in [5.41, 5.74) is 2.36. The summed E-state index contributed by atoms with van der Waals surface area (Å²) in [6, 6.07) is 0.932. The van der Waals surface area contributed by atoms with E-state index in [-0.39, 0.29) is 0 Å². The van der Waals surface area contributed by atoms with Gasteiger partial charge in [0, 0.05) is 43.5 Å². The second-order valence-electron chi connectivity index (χ2n) is 6.52. The Morgan fingerprint density at radius 3 is 2.32 bits per heavy atom. The van der Waals surface area contributed by atoms with Crippen LogP contribution in [0.2, 0.25) is 0 Å². The van der Waals surface area contributed by atoms with E-state index in [1.54, 1.807) is 6.33 Å². The largest absolute Gasteiger partial charge is 0.356 e. The van der Waals surface area contributed by atoms with E-state index in [0.29, 0.717) is 0 Å². The summed E-state index contributed by atoms with van der Waals surface area (Å²) in [5, 5.41) is 0. The van der Waals surface area contributed by atoms with E-state index >= 15 is 0 Å². The van der Waals surface area contributed by atoms with Gasteiger partial charge in [-0.2, -0.15) is 0 Å². The maximum absolute atomic E-state index is 4.52. The van der Waals surface area contributed by atoms with E-state index in [2.05, 4.69) is 33.6 Å². The maximum atomic E-state index is 4.52. The van der Waals surface area contributed by atoms with Crippen molar-refractivity contribution in [1.82, 2.24) is 14.9 Å². The van der Waals surface area contributed by atoms with Crippen molar-refractivity contribution in [2.75, 3.05) is 31.1 Å². The molecule has 0 radical (unpaired) electrons. The van der Waals surface area contributed by atoms with Crippen molar-refractivity contribution in [3.63, 3.8) is 0 Å². The summed E-state index contributed by atoms with van der Waals surface area (Å²) < 4.78 is 0. The minimum Gasteiger partial charge on any atom is -0.356 e. The lowest BCUT2D eigenvalue weighted by Gasteiger charge is -2.23. The highest BCUT2D eigenvalue weighted by Gasteiger charge is 2.44. The average Bonchev–Trinajstić information content (AvgIpc) is 3.05. The fourth-order valence-electron chi connectivity index (χ4n) is 3.78. The molecule has 1 aromatic heterocycles. The Morgan fingerprint density at radius 2 is 1.68 bits per heavy atom. The molecule has 0 aromatic carbocycles. The number of aryl methyl sites for hydroxylation is 1. The van der Waals surface area contributed by atoms with Gasteiger partial charge in [0.2, 0.25) is 0 Å². The zero-order valence-corrected chi connectivity index (χ0v) is 11.8. The van der Waals surface area contributed by atoms with Crippen LogP contribution in [-0.2, 0) is 0 Å². The molecule has 1 aliphatic carbocycles. The van der Waals surface area contributed by atoms with Gasteiger partial charge in [0.05, 0.1) is 0 Å². The Balaban J connectivity index is 1.50. The van der Waals surface area contributed by atoms with E-state index in [9.17, 15) is 0 Å². The van der Waals surface area contributed by atoms with Gasteiger partial charge in [0.25, 0.3) is 0 Å². The van der Waals surface area contributed by atoms with Crippen LogP contribution in [-0.4, -0.2) is 47.1 Å². The lowest BCUT2D eigenvalue weighted by Crippen LogP contribution is -2.31. The number of fused-ring (bicyclic) bond motifs is 1. The third kappa shape index (κ3) is 1.93. The molecule has 4 nitrogen and oxygen atoms in total. The number of rotatable bonds is 2. The Kier molecular flexibility index (Phi) is 2.56. The van der Waals surface area contributed by atoms with E-state index in [1.165, 1.54) is 50.4 Å². The lowest BCUT2D eigenvalue weighted by molar-refractivity contribution is 0.306. The summed E-state index contributed by atoms with van der Waals surface area (Å²) in [5.74, 6) is 2.88. The first-order valence-electron chi connectivity index (χ1n) is 7.49. The highest BCUT2D eigenvalue weighted by Crippen LogP contribution is 2.39. The van der Waals surface area contributed by atoms with Crippen LogP contribution in [0.25, 0.3) is 0 Å². The molecular weight excluding hydrogens is 236 g/mol. The first kappa shape index (κ1) is 11.6. The van der Waals surface area contributed by atoms with E-state index in [1.807, 2.05) is 0 Å². The van der Waals surface area contributed by atoms with Crippen molar-refractivity contribution in [2.45, 2.75) is 32.7 Å². The number of likely N-dealkylation sites (tertiary alicyclic amines) is 1. The van der Waals surface area contributed by atoms with Crippen LogP contribution in [0.1, 0.15) is 24.1 Å². The van der Waals surface area contributed by atoms with E-state index in [0.717, 1.165) is 23.6 Å². The molecule has 2 saturated heterocycles. The molecule has 2 atom stereocenters. The highest BCUT2D eigenvalue weighted by molar-refractivity contribution is 5.48. The minimum atomic E-state index is 0.857. The molecule has 0 spiro atoms. The topological polar surface area (TPSA) is 32.3 Å². The Labute approximate surface area is 114 Å². The molecule has 1 aromatic rings. The van der Waals surface area contributed by atoms with Crippen molar-refractivity contribution >= 4 is 5.82 Å². The summed E-state index contributed by atoms with van der Waals surface area (Å²) in [6.07, 6.45) is 4.59. The predicted octanol–water partition coefficient (Wildman–Crippen LogP) is 1.62. The molecule has 19 heavy (non-hydrogen) atoms.